The molecule has 0 fully saturated rings. The highest BCUT2D eigenvalue weighted by Crippen LogP contribution is 2.23. The number of hydrogen-bond donors (Lipinski definition) is 0. The van der Waals surface area contributed by atoms with Crippen LogP contribution in [0.15, 0.2) is 24.8 Å². The average Bonchev–Trinajstić information content (AvgIpc) is 2.75. The molecule has 0 amide bonds. The van der Waals surface area contributed by atoms with Crippen molar-refractivity contribution >= 4 is 11.6 Å². The summed E-state index contributed by atoms with van der Waals surface area (Å²) in [6.45, 7) is 0. The van der Waals surface area contributed by atoms with Gasteiger partial charge in [-0.1, -0.05) is 11.6 Å². The van der Waals surface area contributed by atoms with Gasteiger partial charge in [-0.25, -0.2) is 14.1 Å². The largest absolute Gasteiger partial charge is 0.223 e. The molecule has 0 unspecified atom stereocenters. The molecule has 0 spiro atoms. The van der Waals surface area contributed by atoms with Crippen LogP contribution >= 0.6 is 11.6 Å². The van der Waals surface area contributed by atoms with Gasteiger partial charge in [-0.2, -0.15) is 10.4 Å². The van der Waals surface area contributed by atoms with Gasteiger partial charge in [-0.3, -0.25) is 0 Å². The first-order valence-corrected chi connectivity index (χ1v) is 4.35. The lowest BCUT2D eigenvalue weighted by Crippen LogP contribution is -2.00. The molecule has 4 nitrogen and oxygen atoms in total. The molecule has 1 heterocycles. The first-order valence-electron chi connectivity index (χ1n) is 3.97. The second-order valence-corrected chi connectivity index (χ2v) is 3.11. The Morgan fingerprint density at radius 3 is 2.87 bits per heavy atom. The van der Waals surface area contributed by atoms with E-state index >= 15 is 0 Å². The van der Waals surface area contributed by atoms with Crippen LogP contribution in [0.1, 0.15) is 5.56 Å². The molecule has 0 saturated heterocycles. The van der Waals surface area contributed by atoms with E-state index in [1.54, 1.807) is 6.07 Å². The lowest BCUT2D eigenvalue weighted by atomic mass is 10.2. The third-order valence-electron chi connectivity index (χ3n) is 1.85. The van der Waals surface area contributed by atoms with Crippen molar-refractivity contribution < 1.29 is 4.39 Å². The second kappa shape index (κ2) is 3.67. The van der Waals surface area contributed by atoms with E-state index in [1.807, 2.05) is 0 Å². The fourth-order valence-corrected chi connectivity index (χ4v) is 1.33. The third kappa shape index (κ3) is 1.55. The molecule has 2 aromatic rings. The summed E-state index contributed by atoms with van der Waals surface area (Å²) < 4.78 is 14.7. The van der Waals surface area contributed by atoms with Gasteiger partial charge in [-0.15, -0.1) is 0 Å². The standard InChI is InChI=1S/C9H4ClFN4/c10-7-1-2-8(6(3-12)9(7)11)15-5-13-4-14-15/h1-2,4-5H. The van der Waals surface area contributed by atoms with Crippen LogP contribution in [0.2, 0.25) is 5.02 Å². The van der Waals surface area contributed by atoms with Crippen LogP contribution in [0, 0.1) is 17.1 Å². The van der Waals surface area contributed by atoms with E-state index in [-0.39, 0.29) is 10.6 Å². The highest BCUT2D eigenvalue weighted by atomic mass is 35.5. The number of aromatic nitrogens is 3. The van der Waals surface area contributed by atoms with Crippen molar-refractivity contribution in [3.8, 4) is 11.8 Å². The molecule has 0 bridgehead atoms. The molecule has 0 aliphatic heterocycles. The number of nitrogens with zero attached hydrogens (tertiary/aromatic N) is 4. The fourth-order valence-electron chi connectivity index (χ4n) is 1.17. The van der Waals surface area contributed by atoms with Crippen molar-refractivity contribution in [2.24, 2.45) is 0 Å². The Hall–Kier alpha value is -1.93. The number of benzene rings is 1. The molecule has 6 heteroatoms. The number of nitriles is 1. The minimum Gasteiger partial charge on any atom is -0.223 e. The van der Waals surface area contributed by atoms with Gasteiger partial charge in [-0.05, 0) is 12.1 Å². The number of rotatable bonds is 1. The Labute approximate surface area is 89.5 Å². The van der Waals surface area contributed by atoms with Crippen molar-refractivity contribution in [3.63, 3.8) is 0 Å². The van der Waals surface area contributed by atoms with Crippen molar-refractivity contribution in [3.05, 3.63) is 41.2 Å². The maximum Gasteiger partial charge on any atom is 0.161 e. The summed E-state index contributed by atoms with van der Waals surface area (Å²) in [5.41, 5.74) is 0.171. The van der Waals surface area contributed by atoms with Crippen LogP contribution < -0.4 is 0 Å². The summed E-state index contributed by atoms with van der Waals surface area (Å²) in [5, 5.41) is 12.5. The van der Waals surface area contributed by atoms with Crippen LogP contribution in [0.5, 0.6) is 0 Å². The molecule has 1 aromatic carbocycles. The second-order valence-electron chi connectivity index (χ2n) is 2.71. The first-order chi connectivity index (χ1) is 7.24. The monoisotopic (exact) mass is 222 g/mol. The molecule has 1 aromatic heterocycles. The summed E-state index contributed by atoms with van der Waals surface area (Å²) in [5.74, 6) is -0.743. The molecule has 0 aliphatic rings. The van der Waals surface area contributed by atoms with Gasteiger partial charge in [0.05, 0.1) is 10.7 Å². The molecule has 0 saturated carbocycles. The van der Waals surface area contributed by atoms with Gasteiger partial charge in [0.1, 0.15) is 24.3 Å². The normalized spacial score (nSPS) is 9.93. The van der Waals surface area contributed by atoms with E-state index in [2.05, 4.69) is 10.1 Å². The first kappa shape index (κ1) is 9.62. The van der Waals surface area contributed by atoms with Gasteiger partial charge in [0.2, 0.25) is 0 Å². The zero-order chi connectivity index (χ0) is 10.8. The molecule has 0 atom stereocenters. The van der Waals surface area contributed by atoms with Gasteiger partial charge < -0.3 is 0 Å². The molecule has 0 N–H and O–H groups in total. The van der Waals surface area contributed by atoms with E-state index in [0.717, 1.165) is 0 Å². The van der Waals surface area contributed by atoms with Crippen LogP contribution in [0.3, 0.4) is 0 Å². The summed E-state index contributed by atoms with van der Waals surface area (Å²) in [7, 11) is 0. The Bertz CT molecular complexity index is 530. The molecule has 15 heavy (non-hydrogen) atoms. The summed E-state index contributed by atoms with van der Waals surface area (Å²) in [6, 6.07) is 4.63. The molecular weight excluding hydrogens is 219 g/mol. The molecule has 0 aliphatic carbocycles. The number of halogens is 2. The average molecular weight is 223 g/mol. The molecule has 2 rings (SSSR count). The van der Waals surface area contributed by atoms with Crippen molar-refractivity contribution in [2.75, 3.05) is 0 Å². The predicted octanol–water partition coefficient (Wildman–Crippen LogP) is 1.93. The Kier molecular flexibility index (Phi) is 2.35. The lowest BCUT2D eigenvalue weighted by molar-refractivity contribution is 0.621. The minimum atomic E-state index is -0.743. The predicted molar refractivity (Wildman–Crippen MR) is 51.0 cm³/mol. The smallest absolute Gasteiger partial charge is 0.161 e. The SMILES string of the molecule is N#Cc1c(-n2cncn2)ccc(Cl)c1F. The van der Waals surface area contributed by atoms with Crippen molar-refractivity contribution in [1.82, 2.24) is 14.8 Å². The topological polar surface area (TPSA) is 54.5 Å². The summed E-state index contributed by atoms with van der Waals surface area (Å²) >= 11 is 5.55. The quantitative estimate of drug-likeness (QED) is 0.741. The van der Waals surface area contributed by atoms with E-state index in [4.69, 9.17) is 16.9 Å². The van der Waals surface area contributed by atoms with Gasteiger partial charge in [0.15, 0.2) is 5.82 Å². The van der Waals surface area contributed by atoms with E-state index in [1.165, 1.54) is 29.5 Å². The van der Waals surface area contributed by atoms with Crippen LogP contribution in [0.4, 0.5) is 4.39 Å². The maximum atomic E-state index is 13.4. The van der Waals surface area contributed by atoms with E-state index in [9.17, 15) is 4.39 Å². The van der Waals surface area contributed by atoms with Gasteiger partial charge >= 0.3 is 0 Å². The summed E-state index contributed by atoms with van der Waals surface area (Å²) in [4.78, 5) is 3.71. The van der Waals surface area contributed by atoms with Gasteiger partial charge in [0, 0.05) is 0 Å². The Balaban J connectivity index is 2.69. The van der Waals surface area contributed by atoms with E-state index in [0.29, 0.717) is 5.69 Å². The Morgan fingerprint density at radius 2 is 2.27 bits per heavy atom. The van der Waals surface area contributed by atoms with Crippen LogP contribution in [-0.2, 0) is 0 Å². The van der Waals surface area contributed by atoms with Crippen LogP contribution in [0.25, 0.3) is 5.69 Å². The lowest BCUT2D eigenvalue weighted by Gasteiger charge is -2.04. The Morgan fingerprint density at radius 1 is 1.47 bits per heavy atom. The molecular formula is C9H4ClFN4. The van der Waals surface area contributed by atoms with Crippen molar-refractivity contribution in [2.45, 2.75) is 0 Å². The maximum absolute atomic E-state index is 13.4. The number of hydrogen-bond acceptors (Lipinski definition) is 3. The zero-order valence-electron chi connectivity index (χ0n) is 7.35. The highest BCUT2D eigenvalue weighted by molar-refractivity contribution is 6.30. The molecule has 74 valence electrons. The third-order valence-corrected chi connectivity index (χ3v) is 2.14. The zero-order valence-corrected chi connectivity index (χ0v) is 8.11. The summed E-state index contributed by atoms with van der Waals surface area (Å²) in [6.07, 6.45) is 2.68. The van der Waals surface area contributed by atoms with Crippen LogP contribution in [-0.4, -0.2) is 14.8 Å². The highest BCUT2D eigenvalue weighted by Gasteiger charge is 2.13. The fraction of sp³-hybridized carbons (Fsp3) is 0. The molecule has 0 radical (unpaired) electrons. The van der Waals surface area contributed by atoms with Crippen molar-refractivity contribution in [1.29, 1.82) is 5.26 Å². The van der Waals surface area contributed by atoms with E-state index < -0.39 is 5.82 Å². The minimum absolute atomic E-state index is 0.0876. The van der Waals surface area contributed by atoms with Gasteiger partial charge in [0.25, 0.3) is 0 Å².